The smallest absolute Gasteiger partial charge is 0.393 e. The van der Waals surface area contributed by atoms with E-state index in [2.05, 4.69) is 4.52 Å². The standard InChI is InChI=1S/C21H29O8P/c1-19-7-5-13(22)9-12(19)3-4-14-15-6-8-21(25,17(24)11-29-30(26,27)28)20(15,2)10-16(23)18(14)19/h5,7,9,14-16,18,23,25H,3-4,6,8,10-11H2,1-2H3,(H2,26,27,28)/t14?,15?,16?,18?,19-,20-,21-/m1/s1. The number of aliphatic hydroxyl groups is 2. The van der Waals surface area contributed by atoms with Gasteiger partial charge in [-0.3, -0.25) is 14.1 Å². The summed E-state index contributed by atoms with van der Waals surface area (Å²) in [6.07, 6.45) is 6.76. The molecule has 3 fully saturated rings. The minimum atomic E-state index is -4.84. The van der Waals surface area contributed by atoms with Gasteiger partial charge in [0.05, 0.1) is 6.10 Å². The summed E-state index contributed by atoms with van der Waals surface area (Å²) in [5, 5.41) is 22.6. The first-order valence-corrected chi connectivity index (χ1v) is 11.9. The number of hydrogen-bond donors (Lipinski definition) is 4. The van der Waals surface area contributed by atoms with Gasteiger partial charge in [-0.1, -0.05) is 25.5 Å². The molecule has 0 aromatic heterocycles. The Bertz CT molecular complexity index is 889. The predicted octanol–water partition coefficient (Wildman–Crippen LogP) is 1.67. The Balaban J connectivity index is 1.65. The van der Waals surface area contributed by atoms with Crippen LogP contribution in [0.3, 0.4) is 0 Å². The molecule has 30 heavy (non-hydrogen) atoms. The van der Waals surface area contributed by atoms with Crippen molar-refractivity contribution in [2.24, 2.45) is 28.6 Å². The number of carbonyl (C=O) groups excluding carboxylic acids is 2. The van der Waals surface area contributed by atoms with Crippen LogP contribution < -0.4 is 0 Å². The number of ketones is 2. The zero-order valence-corrected chi connectivity index (χ0v) is 18.0. The van der Waals surface area contributed by atoms with Crippen LogP contribution in [0.25, 0.3) is 0 Å². The van der Waals surface area contributed by atoms with Gasteiger partial charge in [-0.25, -0.2) is 4.57 Å². The quantitative estimate of drug-likeness (QED) is 0.484. The Labute approximate surface area is 175 Å². The molecule has 0 amide bonds. The summed E-state index contributed by atoms with van der Waals surface area (Å²) in [4.78, 5) is 42.5. The van der Waals surface area contributed by atoms with E-state index in [1.165, 1.54) is 0 Å². The van der Waals surface area contributed by atoms with Crippen molar-refractivity contribution in [3.05, 3.63) is 23.8 Å². The molecule has 0 saturated heterocycles. The second kappa shape index (κ2) is 6.92. The summed E-state index contributed by atoms with van der Waals surface area (Å²) in [6, 6.07) is 0. The van der Waals surface area contributed by atoms with E-state index in [1.807, 2.05) is 13.0 Å². The highest BCUT2D eigenvalue weighted by Crippen LogP contribution is 2.67. The van der Waals surface area contributed by atoms with Crippen LogP contribution in [0.1, 0.15) is 46.0 Å². The summed E-state index contributed by atoms with van der Waals surface area (Å²) >= 11 is 0. The highest BCUT2D eigenvalue weighted by molar-refractivity contribution is 7.46. The number of phosphoric acid groups is 1. The first-order chi connectivity index (χ1) is 13.8. The predicted molar refractivity (Wildman–Crippen MR) is 106 cm³/mol. The molecule has 166 valence electrons. The number of aliphatic hydroxyl groups excluding tert-OH is 1. The maximum absolute atomic E-state index is 12.8. The van der Waals surface area contributed by atoms with E-state index in [0.29, 0.717) is 6.42 Å². The van der Waals surface area contributed by atoms with Crippen LogP contribution in [-0.2, 0) is 18.7 Å². The van der Waals surface area contributed by atoms with Crippen LogP contribution in [0.2, 0.25) is 0 Å². The van der Waals surface area contributed by atoms with Gasteiger partial charge in [0, 0.05) is 16.7 Å². The van der Waals surface area contributed by atoms with E-state index in [0.717, 1.165) is 18.4 Å². The fourth-order valence-corrected chi connectivity index (χ4v) is 7.34. The molecule has 4 N–H and O–H groups in total. The molecule has 0 bridgehead atoms. The molecule has 0 aliphatic heterocycles. The van der Waals surface area contributed by atoms with Crippen LogP contribution in [0, 0.1) is 28.6 Å². The number of allylic oxidation sites excluding steroid dienone is 4. The van der Waals surface area contributed by atoms with Crippen molar-refractivity contribution in [3.63, 3.8) is 0 Å². The maximum atomic E-state index is 12.8. The van der Waals surface area contributed by atoms with E-state index in [9.17, 15) is 24.4 Å². The molecule has 4 unspecified atom stereocenters. The lowest BCUT2D eigenvalue weighted by molar-refractivity contribution is -0.178. The van der Waals surface area contributed by atoms with Crippen molar-refractivity contribution in [1.82, 2.24) is 0 Å². The lowest BCUT2D eigenvalue weighted by Crippen LogP contribution is -2.61. The molecule has 9 heteroatoms. The third-order valence-electron chi connectivity index (χ3n) is 8.47. The normalized spacial score (nSPS) is 45.4. The van der Waals surface area contributed by atoms with Crippen molar-refractivity contribution in [1.29, 1.82) is 0 Å². The topological polar surface area (TPSA) is 141 Å². The molecule has 4 rings (SSSR count). The van der Waals surface area contributed by atoms with Gasteiger partial charge in [-0.05, 0) is 56.1 Å². The Morgan fingerprint density at radius 1 is 1.30 bits per heavy atom. The fourth-order valence-electron chi connectivity index (χ4n) is 7.05. The molecule has 0 heterocycles. The molecule has 4 aliphatic carbocycles. The van der Waals surface area contributed by atoms with Gasteiger partial charge in [-0.2, -0.15) is 0 Å². The van der Waals surface area contributed by atoms with E-state index < -0.39 is 42.7 Å². The number of carbonyl (C=O) groups is 2. The molecular formula is C21H29O8P. The zero-order valence-electron chi connectivity index (χ0n) is 17.2. The van der Waals surface area contributed by atoms with Crippen LogP contribution >= 0.6 is 7.82 Å². The van der Waals surface area contributed by atoms with Gasteiger partial charge in [0.15, 0.2) is 11.6 Å². The monoisotopic (exact) mass is 440 g/mol. The Hall–Kier alpha value is -1.15. The number of Topliss-reactive ketones (excluding diaryl/α,β-unsaturated/α-hetero) is 1. The minimum absolute atomic E-state index is 0.0284. The van der Waals surface area contributed by atoms with Gasteiger partial charge in [-0.15, -0.1) is 0 Å². The third kappa shape index (κ3) is 3.12. The van der Waals surface area contributed by atoms with Gasteiger partial charge in [0.25, 0.3) is 0 Å². The SMILES string of the molecule is C[C@@]12C=CC(=O)C=C1CCC1C2C(O)C[C@]2(C)C1CC[C@@]2(O)C(=O)COP(=O)(O)O. The Morgan fingerprint density at radius 3 is 2.67 bits per heavy atom. The van der Waals surface area contributed by atoms with E-state index in [4.69, 9.17) is 9.79 Å². The first kappa shape index (κ1) is 22.1. The van der Waals surface area contributed by atoms with Gasteiger partial charge >= 0.3 is 7.82 Å². The van der Waals surface area contributed by atoms with Crippen molar-refractivity contribution < 1.29 is 38.7 Å². The summed E-state index contributed by atoms with van der Waals surface area (Å²) < 4.78 is 15.4. The lowest BCUT2D eigenvalue weighted by Gasteiger charge is -2.59. The lowest BCUT2D eigenvalue weighted by atomic mass is 9.46. The van der Waals surface area contributed by atoms with Crippen LogP contribution in [-0.4, -0.2) is 49.9 Å². The summed E-state index contributed by atoms with van der Waals surface area (Å²) in [6.45, 7) is 2.97. The third-order valence-corrected chi connectivity index (χ3v) is 8.94. The number of fused-ring (bicyclic) bond motifs is 5. The van der Waals surface area contributed by atoms with Crippen molar-refractivity contribution in [3.8, 4) is 0 Å². The Kier molecular flexibility index (Phi) is 5.09. The molecule has 4 aliphatic rings. The summed E-state index contributed by atoms with van der Waals surface area (Å²) in [5.74, 6) is -0.888. The first-order valence-electron chi connectivity index (χ1n) is 10.4. The molecule has 0 aromatic rings. The van der Waals surface area contributed by atoms with E-state index >= 15 is 0 Å². The molecular weight excluding hydrogens is 411 g/mol. The second-order valence-corrected chi connectivity index (χ2v) is 11.0. The largest absolute Gasteiger partial charge is 0.470 e. The zero-order chi connectivity index (χ0) is 22.1. The fraction of sp³-hybridized carbons (Fsp3) is 0.714. The van der Waals surface area contributed by atoms with Crippen molar-refractivity contribution in [2.75, 3.05) is 6.61 Å². The van der Waals surface area contributed by atoms with Crippen LogP contribution in [0.15, 0.2) is 23.8 Å². The van der Waals surface area contributed by atoms with Crippen LogP contribution in [0.4, 0.5) is 0 Å². The number of rotatable bonds is 4. The van der Waals surface area contributed by atoms with Crippen molar-refractivity contribution in [2.45, 2.75) is 57.7 Å². The molecule has 0 radical (unpaired) electrons. The van der Waals surface area contributed by atoms with Gasteiger partial charge in [0.2, 0.25) is 0 Å². The highest BCUT2D eigenvalue weighted by atomic mass is 31.2. The summed E-state index contributed by atoms with van der Waals surface area (Å²) in [5.41, 5.74) is -2.15. The molecule has 0 spiro atoms. The second-order valence-electron chi connectivity index (χ2n) is 9.80. The molecule has 0 aromatic carbocycles. The number of phosphoric ester groups is 1. The van der Waals surface area contributed by atoms with Gasteiger partial charge in [0.1, 0.15) is 12.2 Å². The van der Waals surface area contributed by atoms with E-state index in [1.54, 1.807) is 19.1 Å². The average Bonchev–Trinajstić information content (AvgIpc) is 2.91. The van der Waals surface area contributed by atoms with Gasteiger partial charge < -0.3 is 20.0 Å². The number of hydrogen-bond acceptors (Lipinski definition) is 6. The average molecular weight is 440 g/mol. The minimum Gasteiger partial charge on any atom is -0.393 e. The summed E-state index contributed by atoms with van der Waals surface area (Å²) in [7, 11) is -4.84. The van der Waals surface area contributed by atoms with Crippen molar-refractivity contribution >= 4 is 19.4 Å². The molecule has 8 nitrogen and oxygen atoms in total. The highest BCUT2D eigenvalue weighted by Gasteiger charge is 2.68. The van der Waals surface area contributed by atoms with Crippen LogP contribution in [0.5, 0.6) is 0 Å². The maximum Gasteiger partial charge on any atom is 0.470 e. The molecule has 7 atom stereocenters. The Morgan fingerprint density at radius 2 is 2.00 bits per heavy atom. The molecule has 3 saturated carbocycles. The van der Waals surface area contributed by atoms with E-state index in [-0.39, 0.29) is 36.4 Å².